The molecule has 20 heavy (non-hydrogen) atoms. The van der Waals surface area contributed by atoms with Gasteiger partial charge in [0, 0.05) is 13.2 Å². The van der Waals surface area contributed by atoms with Gasteiger partial charge in [0.05, 0.1) is 17.0 Å². The number of hydrogen-bond donors (Lipinski definition) is 2. The van der Waals surface area contributed by atoms with Crippen LogP contribution in [0.25, 0.3) is 0 Å². The zero-order valence-corrected chi connectivity index (χ0v) is 13.5. The lowest BCUT2D eigenvalue weighted by Crippen LogP contribution is -2.46. The molecule has 1 unspecified atom stereocenters. The van der Waals surface area contributed by atoms with Crippen molar-refractivity contribution in [3.8, 4) is 0 Å². The average Bonchev–Trinajstić information content (AvgIpc) is 2.36. The summed E-state index contributed by atoms with van der Waals surface area (Å²) in [4.78, 5) is 0.265. The predicted octanol–water partition coefficient (Wildman–Crippen LogP) is 1.67. The molecule has 0 spiro atoms. The molecule has 0 amide bonds. The number of ether oxygens (including phenoxy) is 1. The molecule has 2 N–H and O–H groups in total. The number of benzene rings is 1. The van der Waals surface area contributed by atoms with Crippen LogP contribution in [0.4, 0.5) is 0 Å². The van der Waals surface area contributed by atoms with Crippen LogP contribution in [0.1, 0.15) is 32.4 Å². The Bertz CT molecular complexity index is 541. The second-order valence-electron chi connectivity index (χ2n) is 5.51. The maximum atomic E-state index is 12.4. The fourth-order valence-corrected chi connectivity index (χ4v) is 3.38. The monoisotopic (exact) mass is 300 g/mol. The maximum absolute atomic E-state index is 12.4. The van der Waals surface area contributed by atoms with Crippen LogP contribution in [0.2, 0.25) is 0 Å². The Morgan fingerprint density at radius 1 is 1.35 bits per heavy atom. The molecule has 0 bridgehead atoms. The SMILES string of the molecule is CNC(C)c1cccc(S(=O)(=O)NC(C)(C)COC)c1. The van der Waals surface area contributed by atoms with E-state index in [0.29, 0.717) is 6.61 Å². The lowest BCUT2D eigenvalue weighted by Gasteiger charge is -2.25. The number of sulfonamides is 1. The normalized spacial score (nSPS) is 14.2. The predicted molar refractivity (Wildman–Crippen MR) is 80.2 cm³/mol. The minimum atomic E-state index is -3.56. The first-order valence-corrected chi connectivity index (χ1v) is 8.00. The standard InChI is InChI=1S/C14H24N2O3S/c1-11(15-4)12-7-6-8-13(9-12)20(17,18)16-14(2,3)10-19-5/h6-9,11,15-16H,10H2,1-5H3. The summed E-state index contributed by atoms with van der Waals surface area (Å²) in [5.41, 5.74) is 0.276. The molecule has 6 heteroatoms. The molecule has 5 nitrogen and oxygen atoms in total. The van der Waals surface area contributed by atoms with Gasteiger partial charge in [0.1, 0.15) is 0 Å². The first kappa shape index (κ1) is 17.1. The quantitative estimate of drug-likeness (QED) is 0.804. The van der Waals surface area contributed by atoms with Gasteiger partial charge < -0.3 is 10.1 Å². The van der Waals surface area contributed by atoms with Gasteiger partial charge in [0.2, 0.25) is 10.0 Å². The van der Waals surface area contributed by atoms with Crippen molar-refractivity contribution in [1.82, 2.24) is 10.0 Å². The number of hydrogen-bond acceptors (Lipinski definition) is 4. The number of methoxy groups -OCH3 is 1. The van der Waals surface area contributed by atoms with Gasteiger partial charge in [-0.25, -0.2) is 13.1 Å². The van der Waals surface area contributed by atoms with E-state index >= 15 is 0 Å². The molecule has 1 aromatic carbocycles. The lowest BCUT2D eigenvalue weighted by molar-refractivity contribution is 0.141. The molecule has 0 aliphatic carbocycles. The van der Waals surface area contributed by atoms with E-state index in [-0.39, 0.29) is 10.9 Å². The Balaban J connectivity index is 3.04. The molecule has 0 radical (unpaired) electrons. The Kier molecular flexibility index (Phi) is 5.70. The van der Waals surface area contributed by atoms with Crippen molar-refractivity contribution < 1.29 is 13.2 Å². The summed E-state index contributed by atoms with van der Waals surface area (Å²) in [6, 6.07) is 7.03. The fraction of sp³-hybridized carbons (Fsp3) is 0.571. The minimum absolute atomic E-state index is 0.0946. The largest absolute Gasteiger partial charge is 0.383 e. The number of rotatable bonds is 7. The van der Waals surface area contributed by atoms with E-state index in [1.54, 1.807) is 39.2 Å². The van der Waals surface area contributed by atoms with Crippen LogP contribution in [0.15, 0.2) is 29.2 Å². The van der Waals surface area contributed by atoms with Gasteiger partial charge >= 0.3 is 0 Å². The van der Waals surface area contributed by atoms with E-state index in [1.807, 2.05) is 20.0 Å². The summed E-state index contributed by atoms with van der Waals surface area (Å²) >= 11 is 0. The van der Waals surface area contributed by atoms with E-state index < -0.39 is 15.6 Å². The first-order chi connectivity index (χ1) is 9.22. The average molecular weight is 300 g/mol. The Morgan fingerprint density at radius 2 is 2.00 bits per heavy atom. The van der Waals surface area contributed by atoms with Crippen LogP contribution >= 0.6 is 0 Å². The highest BCUT2D eigenvalue weighted by molar-refractivity contribution is 7.89. The molecule has 0 saturated heterocycles. The molecule has 1 atom stereocenters. The lowest BCUT2D eigenvalue weighted by atomic mass is 10.1. The molecular formula is C14H24N2O3S. The van der Waals surface area contributed by atoms with Crippen LogP contribution in [0.3, 0.4) is 0 Å². The van der Waals surface area contributed by atoms with Gasteiger partial charge in [-0.15, -0.1) is 0 Å². The van der Waals surface area contributed by atoms with Gasteiger partial charge in [0.15, 0.2) is 0 Å². The van der Waals surface area contributed by atoms with Gasteiger partial charge in [-0.05, 0) is 45.5 Å². The highest BCUT2D eigenvalue weighted by Gasteiger charge is 2.26. The zero-order valence-electron chi connectivity index (χ0n) is 12.7. The Morgan fingerprint density at radius 3 is 2.55 bits per heavy atom. The summed E-state index contributed by atoms with van der Waals surface area (Å²) in [6.45, 7) is 5.86. The molecule has 0 fully saturated rings. The summed E-state index contributed by atoms with van der Waals surface area (Å²) in [7, 11) is -0.176. The van der Waals surface area contributed by atoms with Crippen molar-refractivity contribution in [1.29, 1.82) is 0 Å². The van der Waals surface area contributed by atoms with Crippen LogP contribution in [0, 0.1) is 0 Å². The molecule has 1 aromatic rings. The van der Waals surface area contributed by atoms with Crippen molar-refractivity contribution in [3.05, 3.63) is 29.8 Å². The van der Waals surface area contributed by atoms with Crippen molar-refractivity contribution in [2.45, 2.75) is 37.2 Å². The zero-order chi connectivity index (χ0) is 15.4. The third kappa shape index (κ3) is 4.56. The van der Waals surface area contributed by atoms with E-state index in [1.165, 1.54) is 0 Å². The molecular weight excluding hydrogens is 276 g/mol. The second kappa shape index (κ2) is 6.67. The van der Waals surface area contributed by atoms with Gasteiger partial charge in [-0.1, -0.05) is 12.1 Å². The van der Waals surface area contributed by atoms with Crippen LogP contribution < -0.4 is 10.0 Å². The Hall–Kier alpha value is -0.950. The third-order valence-electron chi connectivity index (χ3n) is 3.02. The van der Waals surface area contributed by atoms with Gasteiger partial charge in [-0.3, -0.25) is 0 Å². The highest BCUT2D eigenvalue weighted by atomic mass is 32.2. The number of nitrogens with one attached hydrogen (secondary N) is 2. The first-order valence-electron chi connectivity index (χ1n) is 6.52. The molecule has 1 rings (SSSR count). The van der Waals surface area contributed by atoms with Crippen molar-refractivity contribution in [3.63, 3.8) is 0 Å². The second-order valence-corrected chi connectivity index (χ2v) is 7.19. The van der Waals surface area contributed by atoms with Crippen molar-refractivity contribution in [2.75, 3.05) is 20.8 Å². The summed E-state index contributed by atoms with van der Waals surface area (Å²) < 4.78 is 32.5. The van der Waals surface area contributed by atoms with Gasteiger partial charge in [0.25, 0.3) is 0 Å². The van der Waals surface area contributed by atoms with Crippen molar-refractivity contribution >= 4 is 10.0 Å². The Labute approximate surface area is 121 Å². The third-order valence-corrected chi connectivity index (χ3v) is 4.71. The summed E-state index contributed by atoms with van der Waals surface area (Å²) in [6.07, 6.45) is 0. The van der Waals surface area contributed by atoms with E-state index in [0.717, 1.165) is 5.56 Å². The van der Waals surface area contributed by atoms with Crippen LogP contribution in [0.5, 0.6) is 0 Å². The summed E-state index contributed by atoms with van der Waals surface area (Å²) in [5, 5.41) is 3.09. The molecule has 114 valence electrons. The molecule has 0 heterocycles. The highest BCUT2D eigenvalue weighted by Crippen LogP contribution is 2.18. The van der Waals surface area contributed by atoms with Crippen LogP contribution in [-0.2, 0) is 14.8 Å². The van der Waals surface area contributed by atoms with E-state index in [9.17, 15) is 8.42 Å². The smallest absolute Gasteiger partial charge is 0.241 e. The van der Waals surface area contributed by atoms with E-state index in [2.05, 4.69) is 10.0 Å². The molecule has 0 aromatic heterocycles. The molecule has 0 saturated carbocycles. The fourth-order valence-electron chi connectivity index (χ4n) is 1.93. The summed E-state index contributed by atoms with van der Waals surface area (Å²) in [5.74, 6) is 0. The topological polar surface area (TPSA) is 67.4 Å². The maximum Gasteiger partial charge on any atom is 0.241 e. The molecule has 0 aliphatic heterocycles. The van der Waals surface area contributed by atoms with Crippen molar-refractivity contribution in [2.24, 2.45) is 0 Å². The van der Waals surface area contributed by atoms with E-state index in [4.69, 9.17) is 4.74 Å². The van der Waals surface area contributed by atoms with Crippen LogP contribution in [-0.4, -0.2) is 34.7 Å². The molecule has 0 aliphatic rings. The van der Waals surface area contributed by atoms with Gasteiger partial charge in [-0.2, -0.15) is 0 Å². The minimum Gasteiger partial charge on any atom is -0.383 e.